The first kappa shape index (κ1) is 7.78. The van der Waals surface area contributed by atoms with Crippen LogP contribution in [-0.4, -0.2) is 22.2 Å². The topological polar surface area (TPSA) is 74.6 Å². The zero-order valence-corrected chi connectivity index (χ0v) is 5.73. The number of hydrogen-bond acceptors (Lipinski definition) is 2. The van der Waals surface area contributed by atoms with Crippen molar-refractivity contribution in [2.75, 3.05) is 0 Å². The molecule has 4 nitrogen and oxygen atoms in total. The molecular formula is C7H8O4. The Kier molecular flexibility index (Phi) is 1.94. The molecule has 0 amide bonds. The van der Waals surface area contributed by atoms with Gasteiger partial charge in [-0.3, -0.25) is 9.59 Å². The number of hydrogen-bond donors (Lipinski definition) is 2. The molecule has 1 rings (SSSR count). The molecule has 0 aromatic carbocycles. The molecular weight excluding hydrogens is 148 g/mol. The number of carbonyl (C=O) groups is 2. The van der Waals surface area contributed by atoms with E-state index in [1.54, 1.807) is 0 Å². The van der Waals surface area contributed by atoms with Crippen LogP contribution in [0.15, 0.2) is 12.2 Å². The summed E-state index contributed by atoms with van der Waals surface area (Å²) in [5.74, 6) is -3.14. The van der Waals surface area contributed by atoms with Gasteiger partial charge in [-0.1, -0.05) is 12.2 Å². The molecule has 0 unspecified atom stereocenters. The summed E-state index contributed by atoms with van der Waals surface area (Å²) in [5.41, 5.74) is 0. The predicted octanol–water partition coefficient (Wildman–Crippen LogP) is 0.348. The molecule has 0 spiro atoms. The van der Waals surface area contributed by atoms with Crippen LogP contribution in [0.5, 0.6) is 0 Å². The van der Waals surface area contributed by atoms with Gasteiger partial charge >= 0.3 is 11.9 Å². The van der Waals surface area contributed by atoms with E-state index in [0.717, 1.165) is 0 Å². The average Bonchev–Trinajstić information content (AvgIpc) is 2.33. The smallest absolute Gasteiger partial charge is 0.310 e. The van der Waals surface area contributed by atoms with Gasteiger partial charge in [0.15, 0.2) is 0 Å². The maximum absolute atomic E-state index is 10.3. The number of carboxylic acid groups (broad SMARTS) is 2. The lowest BCUT2D eigenvalue weighted by atomic mass is 10.0. The summed E-state index contributed by atoms with van der Waals surface area (Å²) < 4.78 is 0. The molecule has 0 radical (unpaired) electrons. The molecule has 2 atom stereocenters. The highest BCUT2D eigenvalue weighted by atomic mass is 16.4. The maximum atomic E-state index is 10.3. The molecule has 0 heterocycles. The van der Waals surface area contributed by atoms with Crippen LogP contribution in [0.1, 0.15) is 6.42 Å². The predicted molar refractivity (Wildman–Crippen MR) is 36.0 cm³/mol. The van der Waals surface area contributed by atoms with E-state index < -0.39 is 23.8 Å². The van der Waals surface area contributed by atoms with Gasteiger partial charge in [0, 0.05) is 0 Å². The van der Waals surface area contributed by atoms with Crippen molar-refractivity contribution in [2.24, 2.45) is 11.8 Å². The van der Waals surface area contributed by atoms with Crippen LogP contribution in [0.2, 0.25) is 0 Å². The second-order valence-electron chi connectivity index (χ2n) is 2.51. The second kappa shape index (κ2) is 2.74. The first-order valence-corrected chi connectivity index (χ1v) is 3.25. The van der Waals surface area contributed by atoms with Crippen molar-refractivity contribution in [3.05, 3.63) is 12.2 Å². The summed E-state index contributed by atoms with van der Waals surface area (Å²) in [6.45, 7) is 0. The lowest BCUT2D eigenvalue weighted by Gasteiger charge is -2.02. The van der Waals surface area contributed by atoms with E-state index in [1.165, 1.54) is 12.2 Å². The van der Waals surface area contributed by atoms with Crippen LogP contribution < -0.4 is 0 Å². The van der Waals surface area contributed by atoms with E-state index in [4.69, 9.17) is 10.2 Å². The van der Waals surface area contributed by atoms with E-state index in [2.05, 4.69) is 0 Å². The van der Waals surface area contributed by atoms with Crippen molar-refractivity contribution in [3.63, 3.8) is 0 Å². The molecule has 0 bridgehead atoms. The summed E-state index contributed by atoms with van der Waals surface area (Å²) in [6.07, 6.45) is 3.05. The van der Waals surface area contributed by atoms with Gasteiger partial charge in [0.25, 0.3) is 0 Å². The van der Waals surface area contributed by atoms with Crippen LogP contribution >= 0.6 is 0 Å². The molecule has 0 aromatic heterocycles. The zero-order valence-electron chi connectivity index (χ0n) is 5.73. The Morgan fingerprint density at radius 3 is 1.64 bits per heavy atom. The maximum Gasteiger partial charge on any atom is 0.310 e. The van der Waals surface area contributed by atoms with E-state index in [1.807, 2.05) is 0 Å². The Labute approximate surface area is 63.1 Å². The summed E-state index contributed by atoms with van der Waals surface area (Å²) in [7, 11) is 0. The van der Waals surface area contributed by atoms with Gasteiger partial charge in [-0.2, -0.15) is 0 Å². The van der Waals surface area contributed by atoms with Crippen LogP contribution in [0.3, 0.4) is 0 Å². The molecule has 0 fully saturated rings. The van der Waals surface area contributed by atoms with E-state index >= 15 is 0 Å². The molecule has 0 saturated heterocycles. The molecule has 11 heavy (non-hydrogen) atoms. The van der Waals surface area contributed by atoms with Gasteiger partial charge in [0.2, 0.25) is 0 Å². The van der Waals surface area contributed by atoms with Gasteiger partial charge < -0.3 is 10.2 Å². The number of carboxylic acids is 2. The minimum Gasteiger partial charge on any atom is -0.481 e. The molecule has 1 aliphatic rings. The Morgan fingerprint density at radius 2 is 1.45 bits per heavy atom. The first-order valence-electron chi connectivity index (χ1n) is 3.25. The van der Waals surface area contributed by atoms with Gasteiger partial charge in [-0.05, 0) is 6.42 Å². The molecule has 0 aromatic rings. The quantitative estimate of drug-likeness (QED) is 0.565. The monoisotopic (exact) mass is 156 g/mol. The minimum atomic E-state index is -0.954. The fourth-order valence-corrected chi connectivity index (χ4v) is 1.07. The van der Waals surface area contributed by atoms with Crippen molar-refractivity contribution in [1.82, 2.24) is 0 Å². The van der Waals surface area contributed by atoms with Crippen LogP contribution in [0.4, 0.5) is 0 Å². The van der Waals surface area contributed by atoms with Crippen molar-refractivity contribution >= 4 is 11.9 Å². The lowest BCUT2D eigenvalue weighted by molar-refractivity contribution is -0.142. The van der Waals surface area contributed by atoms with Gasteiger partial charge in [0.1, 0.15) is 0 Å². The second-order valence-corrected chi connectivity index (χ2v) is 2.51. The minimum absolute atomic E-state index is 0.185. The van der Waals surface area contributed by atoms with Gasteiger partial charge in [-0.15, -0.1) is 0 Å². The highest BCUT2D eigenvalue weighted by molar-refractivity contribution is 5.78. The SMILES string of the molecule is O=C(O)[C@@H]1C=C[C@H](C(=O)O)C1. The normalized spacial score (nSPS) is 28.7. The Hall–Kier alpha value is -1.32. The van der Waals surface area contributed by atoms with E-state index in [-0.39, 0.29) is 6.42 Å². The Bertz CT molecular complexity index is 196. The highest BCUT2D eigenvalue weighted by Crippen LogP contribution is 2.23. The third-order valence-corrected chi connectivity index (χ3v) is 1.72. The molecule has 0 saturated carbocycles. The van der Waals surface area contributed by atoms with Crippen molar-refractivity contribution in [3.8, 4) is 0 Å². The average molecular weight is 156 g/mol. The van der Waals surface area contributed by atoms with Crippen molar-refractivity contribution in [1.29, 1.82) is 0 Å². The third-order valence-electron chi connectivity index (χ3n) is 1.72. The summed E-state index contributed by atoms with van der Waals surface area (Å²) in [6, 6.07) is 0. The van der Waals surface area contributed by atoms with Crippen molar-refractivity contribution < 1.29 is 19.8 Å². The van der Waals surface area contributed by atoms with Crippen LogP contribution in [-0.2, 0) is 9.59 Å². The first-order chi connectivity index (χ1) is 5.11. The Balaban J connectivity index is 2.56. The lowest BCUT2D eigenvalue weighted by Crippen LogP contribution is -2.14. The number of aliphatic carboxylic acids is 2. The van der Waals surface area contributed by atoms with Crippen LogP contribution in [0.25, 0.3) is 0 Å². The fraction of sp³-hybridized carbons (Fsp3) is 0.429. The fourth-order valence-electron chi connectivity index (χ4n) is 1.07. The van der Waals surface area contributed by atoms with E-state index in [9.17, 15) is 9.59 Å². The van der Waals surface area contributed by atoms with Gasteiger partial charge in [-0.25, -0.2) is 0 Å². The molecule has 4 heteroatoms. The summed E-state index contributed by atoms with van der Waals surface area (Å²) in [5, 5.41) is 16.9. The molecule has 2 N–H and O–H groups in total. The summed E-state index contributed by atoms with van der Waals surface area (Å²) in [4.78, 5) is 20.7. The van der Waals surface area contributed by atoms with Crippen molar-refractivity contribution in [2.45, 2.75) is 6.42 Å². The molecule has 1 aliphatic carbocycles. The zero-order chi connectivity index (χ0) is 8.43. The van der Waals surface area contributed by atoms with E-state index in [0.29, 0.717) is 0 Å². The third kappa shape index (κ3) is 1.58. The molecule has 60 valence electrons. The van der Waals surface area contributed by atoms with Gasteiger partial charge in [0.05, 0.1) is 11.8 Å². The number of rotatable bonds is 2. The van der Waals surface area contributed by atoms with Crippen LogP contribution in [0, 0.1) is 11.8 Å². The standard InChI is InChI=1S/C7H8O4/c8-6(9)4-1-2-5(3-4)7(10)11/h1-2,4-5H,3H2,(H,8,9)(H,10,11)/t4-,5+. The molecule has 0 aliphatic heterocycles. The Morgan fingerprint density at radius 1 is 1.09 bits per heavy atom. The highest BCUT2D eigenvalue weighted by Gasteiger charge is 2.28. The largest absolute Gasteiger partial charge is 0.481 e. The summed E-state index contributed by atoms with van der Waals surface area (Å²) >= 11 is 0.